The second-order valence-electron chi connectivity index (χ2n) is 18.7. The standard InChI is InChI=1S/C39H67O15P/c1-20(7-6-14-37(2,3)47)24-10-11-25-23-9-8-21-17-22(12-15-38(21,4)26(23)13-16-39(24,25)5)53-55(48,49)54-36-33(46)31(44)34(28(19-41)51-36)52-35-32(45)30(43)29(42)27(18-40)50-35/h8,20,22-36,40-47H,6-7,9-19H2,1-5H3,(H,48,49)/t20-,22+,23+,24-,25+,26+,27-,28-,29-,30+,31-,32-,33-,34-,35+,36-,38+,39-/m1/s1. The second kappa shape index (κ2) is 16.8. The van der Waals surface area contributed by atoms with Crippen LogP contribution in [0.3, 0.4) is 0 Å². The van der Waals surface area contributed by atoms with Gasteiger partial charge in [0.25, 0.3) is 0 Å². The minimum Gasteiger partial charge on any atom is -0.394 e. The molecular weight excluding hydrogens is 739 g/mol. The predicted molar refractivity (Wildman–Crippen MR) is 197 cm³/mol. The van der Waals surface area contributed by atoms with Crippen LogP contribution >= 0.6 is 7.82 Å². The first-order chi connectivity index (χ1) is 25.7. The molecule has 6 aliphatic rings. The van der Waals surface area contributed by atoms with Gasteiger partial charge in [0, 0.05) is 0 Å². The molecule has 15 nitrogen and oxygen atoms in total. The summed E-state index contributed by atoms with van der Waals surface area (Å²) >= 11 is 0. The molecule has 1 unspecified atom stereocenters. The summed E-state index contributed by atoms with van der Waals surface area (Å²) in [6, 6.07) is 0. The van der Waals surface area contributed by atoms with Crippen molar-refractivity contribution in [1.29, 1.82) is 0 Å². The normalized spacial score (nSPS) is 47.9. The third-order valence-electron chi connectivity index (χ3n) is 14.7. The van der Waals surface area contributed by atoms with Crippen molar-refractivity contribution in [2.45, 2.75) is 178 Å². The molecule has 0 aromatic heterocycles. The molecule has 0 bridgehead atoms. The van der Waals surface area contributed by atoms with Crippen molar-refractivity contribution in [1.82, 2.24) is 0 Å². The van der Waals surface area contributed by atoms with Crippen LogP contribution in [0.4, 0.5) is 0 Å². The molecule has 0 radical (unpaired) electrons. The third kappa shape index (κ3) is 8.83. The SMILES string of the molecule is C[C@H](CCCC(C)(C)O)[C@H]1CC[C@H]2[C@@H]3CC=C4C[C@@H](OP(=O)(O)O[C@H]5O[C@H](CO)[C@@H](O[C@@H]6O[C@H](CO)[C@@H](O)[C@H](O)[C@H]6O)[C@H](O)[C@H]5O)CC[C@]4(C)[C@H]3CC[C@]12C. The molecule has 0 aromatic rings. The molecule has 0 aromatic carbocycles. The van der Waals surface area contributed by atoms with E-state index in [0.717, 1.165) is 38.5 Å². The lowest BCUT2D eigenvalue weighted by atomic mass is 9.47. The summed E-state index contributed by atoms with van der Waals surface area (Å²) in [6.07, 6.45) is -4.79. The Hall–Kier alpha value is -0.590. The average molecular weight is 807 g/mol. The van der Waals surface area contributed by atoms with Gasteiger partial charge in [-0.2, -0.15) is 0 Å². The Balaban J connectivity index is 1.05. The Labute approximate surface area is 324 Å². The highest BCUT2D eigenvalue weighted by Gasteiger charge is 2.60. The highest BCUT2D eigenvalue weighted by atomic mass is 31.2. The van der Waals surface area contributed by atoms with Crippen LogP contribution in [0, 0.1) is 40.4 Å². The van der Waals surface area contributed by atoms with Crippen LogP contribution in [0.2, 0.25) is 0 Å². The maximum Gasteiger partial charge on any atom is 0.474 e. The smallest absolute Gasteiger partial charge is 0.394 e. The Bertz CT molecular complexity index is 1390. The molecule has 3 saturated carbocycles. The topological polar surface area (TPSA) is 245 Å². The predicted octanol–water partition coefficient (Wildman–Crippen LogP) is 2.27. The van der Waals surface area contributed by atoms with E-state index in [0.29, 0.717) is 47.8 Å². The molecule has 9 N–H and O–H groups in total. The van der Waals surface area contributed by atoms with E-state index in [1.165, 1.54) is 24.8 Å². The zero-order valence-corrected chi connectivity index (χ0v) is 33.8. The lowest BCUT2D eigenvalue weighted by molar-refractivity contribution is -0.353. The van der Waals surface area contributed by atoms with Crippen molar-refractivity contribution in [2.24, 2.45) is 40.4 Å². The van der Waals surface area contributed by atoms with Gasteiger partial charge in [0.05, 0.1) is 24.9 Å². The van der Waals surface area contributed by atoms with Gasteiger partial charge in [0.1, 0.15) is 48.8 Å². The number of phosphoric acid groups is 1. The van der Waals surface area contributed by atoms with Crippen LogP contribution in [-0.2, 0) is 27.8 Å². The van der Waals surface area contributed by atoms with E-state index < -0.39 is 94.2 Å². The van der Waals surface area contributed by atoms with Gasteiger partial charge in [-0.3, -0.25) is 9.05 Å². The van der Waals surface area contributed by atoms with E-state index in [-0.39, 0.29) is 5.41 Å². The summed E-state index contributed by atoms with van der Waals surface area (Å²) in [5.74, 6) is 3.07. The van der Waals surface area contributed by atoms with Crippen LogP contribution in [0.5, 0.6) is 0 Å². The number of ether oxygens (including phenoxy) is 3. The third-order valence-corrected chi connectivity index (χ3v) is 15.8. The molecule has 4 aliphatic carbocycles. The quantitative estimate of drug-likeness (QED) is 0.0958. The summed E-state index contributed by atoms with van der Waals surface area (Å²) in [5.41, 5.74) is 0.870. The van der Waals surface area contributed by atoms with Crippen molar-refractivity contribution in [3.05, 3.63) is 11.6 Å². The number of aliphatic hydroxyl groups is 8. The Kier molecular flexibility index (Phi) is 13.4. The van der Waals surface area contributed by atoms with Crippen molar-refractivity contribution < 1.29 is 73.6 Å². The summed E-state index contributed by atoms with van der Waals surface area (Å²) < 4.78 is 40.8. The lowest BCUT2D eigenvalue weighted by Gasteiger charge is -2.58. The fourth-order valence-electron chi connectivity index (χ4n) is 11.7. The van der Waals surface area contributed by atoms with E-state index in [9.17, 15) is 50.3 Å². The van der Waals surface area contributed by atoms with Gasteiger partial charge in [-0.15, -0.1) is 0 Å². The molecule has 2 saturated heterocycles. The van der Waals surface area contributed by atoms with Gasteiger partial charge in [0.2, 0.25) is 0 Å². The van der Waals surface area contributed by atoms with Crippen LogP contribution in [0.15, 0.2) is 11.6 Å². The molecule has 55 heavy (non-hydrogen) atoms. The Morgan fingerprint density at radius 1 is 0.873 bits per heavy atom. The maximum absolute atomic E-state index is 13.4. The fraction of sp³-hybridized carbons (Fsp3) is 0.949. The Morgan fingerprint density at radius 3 is 2.22 bits per heavy atom. The number of phosphoric ester groups is 1. The number of hydrogen-bond donors (Lipinski definition) is 9. The van der Waals surface area contributed by atoms with Crippen LogP contribution in [0.25, 0.3) is 0 Å². The first-order valence-electron chi connectivity index (χ1n) is 20.4. The first kappa shape index (κ1) is 44.0. The van der Waals surface area contributed by atoms with Crippen molar-refractivity contribution in [2.75, 3.05) is 13.2 Å². The molecule has 0 amide bonds. The van der Waals surface area contributed by atoms with Crippen molar-refractivity contribution in [3.8, 4) is 0 Å². The van der Waals surface area contributed by atoms with Crippen LogP contribution in [0.1, 0.15) is 105 Å². The summed E-state index contributed by atoms with van der Waals surface area (Å²) in [7, 11) is -4.89. The van der Waals surface area contributed by atoms with Crippen molar-refractivity contribution in [3.63, 3.8) is 0 Å². The molecule has 16 heteroatoms. The number of hydrogen-bond acceptors (Lipinski definition) is 14. The maximum atomic E-state index is 13.4. The first-order valence-corrected chi connectivity index (χ1v) is 21.9. The summed E-state index contributed by atoms with van der Waals surface area (Å²) in [4.78, 5) is 10.9. The van der Waals surface area contributed by atoms with Crippen LogP contribution in [-0.4, -0.2) is 132 Å². The fourth-order valence-corrected chi connectivity index (χ4v) is 12.8. The average Bonchev–Trinajstić information content (AvgIpc) is 3.48. The zero-order valence-electron chi connectivity index (χ0n) is 32.9. The molecule has 6 rings (SSSR count). The molecular formula is C39H67O15P. The minimum atomic E-state index is -4.89. The molecule has 19 atom stereocenters. The molecule has 318 valence electrons. The van der Waals surface area contributed by atoms with Gasteiger partial charge >= 0.3 is 7.82 Å². The molecule has 2 aliphatic heterocycles. The van der Waals surface area contributed by atoms with E-state index in [1.54, 1.807) is 0 Å². The van der Waals surface area contributed by atoms with E-state index >= 15 is 0 Å². The Morgan fingerprint density at radius 2 is 1.55 bits per heavy atom. The van der Waals surface area contributed by atoms with Gasteiger partial charge in [-0.1, -0.05) is 45.3 Å². The largest absolute Gasteiger partial charge is 0.474 e. The molecule has 5 fully saturated rings. The van der Waals surface area contributed by atoms with Crippen molar-refractivity contribution >= 4 is 7.82 Å². The van der Waals surface area contributed by atoms with E-state index in [1.807, 2.05) is 13.8 Å². The zero-order chi connectivity index (χ0) is 40.2. The number of aliphatic hydroxyl groups excluding tert-OH is 7. The van der Waals surface area contributed by atoms with Gasteiger partial charge in [-0.05, 0) is 112 Å². The summed E-state index contributed by atoms with van der Waals surface area (Å²) in [6.45, 7) is 9.52. The molecule has 2 heterocycles. The monoisotopic (exact) mass is 806 g/mol. The number of fused-ring (bicyclic) bond motifs is 5. The van der Waals surface area contributed by atoms with E-state index in [2.05, 4.69) is 26.8 Å². The highest BCUT2D eigenvalue weighted by molar-refractivity contribution is 7.47. The second-order valence-corrected chi connectivity index (χ2v) is 20.1. The van der Waals surface area contributed by atoms with Crippen LogP contribution < -0.4 is 0 Å². The lowest BCUT2D eigenvalue weighted by Crippen LogP contribution is -2.64. The molecule has 0 spiro atoms. The van der Waals surface area contributed by atoms with Gasteiger partial charge in [0.15, 0.2) is 12.6 Å². The number of allylic oxidation sites excluding steroid dienone is 1. The minimum absolute atomic E-state index is 0.0437. The number of rotatable bonds is 13. The van der Waals surface area contributed by atoms with Gasteiger partial charge < -0.3 is 60.0 Å². The highest BCUT2D eigenvalue weighted by Crippen LogP contribution is 2.68. The van der Waals surface area contributed by atoms with E-state index in [4.69, 9.17) is 23.3 Å². The van der Waals surface area contributed by atoms with Gasteiger partial charge in [-0.25, -0.2) is 4.57 Å². The summed E-state index contributed by atoms with van der Waals surface area (Å²) in [5, 5.41) is 82.1.